The summed E-state index contributed by atoms with van der Waals surface area (Å²) in [5, 5.41) is 19.7. The van der Waals surface area contributed by atoms with E-state index in [1.54, 1.807) is 0 Å². The molecule has 3 N–H and O–H groups in total. The second-order valence-electron chi connectivity index (χ2n) is 6.35. The summed E-state index contributed by atoms with van der Waals surface area (Å²) in [7, 11) is 0. The molecule has 1 aliphatic carbocycles. The minimum absolute atomic E-state index is 0.203. The molecule has 2 amide bonds. The molecular weight excluding hydrogens is 284 g/mol. The smallest absolute Gasteiger partial charge is 0.314 e. The fourth-order valence-corrected chi connectivity index (χ4v) is 2.59. The first kappa shape index (κ1) is 16.7. The lowest BCUT2D eigenvalue weighted by molar-refractivity contribution is 0.00720. The van der Waals surface area contributed by atoms with Crippen LogP contribution in [0.2, 0.25) is 0 Å². The van der Waals surface area contributed by atoms with Gasteiger partial charge in [0.15, 0.2) is 5.82 Å². The number of nitrogens with zero attached hydrogens (tertiary/aromatic N) is 2. The summed E-state index contributed by atoms with van der Waals surface area (Å²) in [4.78, 5) is 16.0. The summed E-state index contributed by atoms with van der Waals surface area (Å²) in [6.07, 6.45) is 5.25. The minimum atomic E-state index is -0.741. The molecule has 1 aromatic rings. The van der Waals surface area contributed by atoms with Crippen LogP contribution in [0, 0.1) is 0 Å². The van der Waals surface area contributed by atoms with Gasteiger partial charge in [-0.05, 0) is 12.8 Å². The first-order valence-corrected chi connectivity index (χ1v) is 8.05. The van der Waals surface area contributed by atoms with E-state index in [0.29, 0.717) is 31.2 Å². The van der Waals surface area contributed by atoms with Gasteiger partial charge in [-0.3, -0.25) is 0 Å². The fraction of sp³-hybridized carbons (Fsp3) is 0.800. The second-order valence-corrected chi connectivity index (χ2v) is 6.35. The van der Waals surface area contributed by atoms with E-state index < -0.39 is 5.60 Å². The largest absolute Gasteiger partial charge is 0.388 e. The lowest BCUT2D eigenvalue weighted by Gasteiger charge is -2.32. The van der Waals surface area contributed by atoms with Crippen molar-refractivity contribution in [3.05, 3.63) is 11.7 Å². The summed E-state index contributed by atoms with van der Waals surface area (Å²) in [5.41, 5.74) is -0.741. The number of hydrogen-bond acceptors (Lipinski definition) is 5. The molecule has 0 aromatic carbocycles. The van der Waals surface area contributed by atoms with E-state index in [1.807, 2.05) is 13.8 Å². The van der Waals surface area contributed by atoms with Crippen LogP contribution < -0.4 is 10.6 Å². The van der Waals surface area contributed by atoms with Crippen molar-refractivity contribution in [3.63, 3.8) is 0 Å². The van der Waals surface area contributed by atoms with Crippen molar-refractivity contribution in [3.8, 4) is 0 Å². The Morgan fingerprint density at radius 3 is 2.68 bits per heavy atom. The topological polar surface area (TPSA) is 100 Å². The van der Waals surface area contributed by atoms with E-state index in [0.717, 1.165) is 32.1 Å². The summed E-state index contributed by atoms with van der Waals surface area (Å²) >= 11 is 0. The molecule has 1 saturated carbocycles. The van der Waals surface area contributed by atoms with Gasteiger partial charge in [0, 0.05) is 25.4 Å². The third kappa shape index (κ3) is 4.98. The van der Waals surface area contributed by atoms with Crippen molar-refractivity contribution in [2.24, 2.45) is 0 Å². The first-order chi connectivity index (χ1) is 10.5. The third-order valence-electron chi connectivity index (χ3n) is 3.97. The van der Waals surface area contributed by atoms with Gasteiger partial charge in [-0.15, -0.1) is 0 Å². The van der Waals surface area contributed by atoms with Gasteiger partial charge in [-0.2, -0.15) is 4.98 Å². The number of urea groups is 1. The molecule has 2 rings (SSSR count). The summed E-state index contributed by atoms with van der Waals surface area (Å²) in [5.74, 6) is 1.41. The predicted molar refractivity (Wildman–Crippen MR) is 81.5 cm³/mol. The number of aromatic nitrogens is 2. The van der Waals surface area contributed by atoms with E-state index in [4.69, 9.17) is 4.52 Å². The van der Waals surface area contributed by atoms with Crippen molar-refractivity contribution in [1.29, 1.82) is 0 Å². The quantitative estimate of drug-likeness (QED) is 0.743. The van der Waals surface area contributed by atoms with Crippen LogP contribution in [0.25, 0.3) is 0 Å². The van der Waals surface area contributed by atoms with Crippen LogP contribution in [0.4, 0.5) is 4.79 Å². The Bertz CT molecular complexity index is 481. The van der Waals surface area contributed by atoms with Gasteiger partial charge in [-0.25, -0.2) is 4.79 Å². The Morgan fingerprint density at radius 2 is 2.05 bits per heavy atom. The van der Waals surface area contributed by atoms with Gasteiger partial charge in [0.05, 0.1) is 5.60 Å². The SMILES string of the molecule is CC(C)c1nc(CCNC(=O)NCC2(O)CCCCC2)no1. The van der Waals surface area contributed by atoms with Crippen LogP contribution in [-0.2, 0) is 6.42 Å². The Kier molecular flexibility index (Phi) is 5.76. The molecule has 7 nitrogen and oxygen atoms in total. The van der Waals surface area contributed by atoms with Crippen molar-refractivity contribution in [2.75, 3.05) is 13.1 Å². The maximum Gasteiger partial charge on any atom is 0.314 e. The van der Waals surface area contributed by atoms with Gasteiger partial charge in [0.1, 0.15) is 0 Å². The number of rotatable bonds is 6. The number of aliphatic hydroxyl groups is 1. The van der Waals surface area contributed by atoms with Crippen LogP contribution in [-0.4, -0.2) is 40.0 Å². The summed E-state index contributed by atoms with van der Waals surface area (Å²) in [6.45, 7) is 4.71. The molecule has 0 saturated heterocycles. The second kappa shape index (κ2) is 7.58. The fourth-order valence-electron chi connectivity index (χ4n) is 2.59. The standard InChI is InChI=1S/C15H26N4O3/c1-11(2)13-18-12(19-22-13)6-9-16-14(20)17-10-15(21)7-4-3-5-8-15/h11,21H,3-10H2,1-2H3,(H2,16,17,20). The summed E-state index contributed by atoms with van der Waals surface area (Å²) < 4.78 is 5.10. The zero-order valence-electron chi connectivity index (χ0n) is 13.4. The molecule has 0 aliphatic heterocycles. The average molecular weight is 310 g/mol. The van der Waals surface area contributed by atoms with E-state index in [9.17, 15) is 9.90 Å². The predicted octanol–water partition coefficient (Wildman–Crippen LogP) is 1.73. The van der Waals surface area contributed by atoms with Gasteiger partial charge in [0.25, 0.3) is 0 Å². The monoisotopic (exact) mass is 310 g/mol. The van der Waals surface area contributed by atoms with Gasteiger partial charge in [0.2, 0.25) is 5.89 Å². The van der Waals surface area contributed by atoms with Crippen molar-refractivity contribution in [1.82, 2.24) is 20.8 Å². The molecular formula is C15H26N4O3. The van der Waals surface area contributed by atoms with Gasteiger partial charge in [-0.1, -0.05) is 38.3 Å². The molecule has 1 aromatic heterocycles. The van der Waals surface area contributed by atoms with E-state index in [2.05, 4.69) is 20.8 Å². The van der Waals surface area contributed by atoms with Crippen molar-refractivity contribution in [2.45, 2.75) is 63.9 Å². The number of nitrogens with one attached hydrogen (secondary N) is 2. The molecule has 1 aliphatic rings. The highest BCUT2D eigenvalue weighted by Crippen LogP contribution is 2.27. The molecule has 1 fully saturated rings. The zero-order chi connectivity index (χ0) is 16.0. The third-order valence-corrected chi connectivity index (χ3v) is 3.97. The molecule has 0 bridgehead atoms. The lowest BCUT2D eigenvalue weighted by atomic mass is 9.85. The number of carbonyl (C=O) groups excluding carboxylic acids is 1. The van der Waals surface area contributed by atoms with Crippen LogP contribution in [0.1, 0.15) is 63.6 Å². The highest BCUT2D eigenvalue weighted by Gasteiger charge is 2.29. The maximum absolute atomic E-state index is 11.7. The molecule has 1 heterocycles. The van der Waals surface area contributed by atoms with Crippen LogP contribution >= 0.6 is 0 Å². The molecule has 7 heteroatoms. The number of amides is 2. The zero-order valence-corrected chi connectivity index (χ0v) is 13.4. The number of carbonyl (C=O) groups is 1. The normalized spacial score (nSPS) is 17.5. The molecule has 0 atom stereocenters. The first-order valence-electron chi connectivity index (χ1n) is 8.05. The molecule has 22 heavy (non-hydrogen) atoms. The maximum atomic E-state index is 11.7. The molecule has 0 unspecified atom stereocenters. The van der Waals surface area contributed by atoms with Crippen LogP contribution in [0.15, 0.2) is 4.52 Å². The molecule has 0 radical (unpaired) electrons. The summed E-state index contributed by atoms with van der Waals surface area (Å²) in [6, 6.07) is -0.272. The van der Waals surface area contributed by atoms with Gasteiger partial charge < -0.3 is 20.3 Å². The highest BCUT2D eigenvalue weighted by atomic mass is 16.5. The lowest BCUT2D eigenvalue weighted by Crippen LogP contribution is -2.47. The number of hydrogen-bond donors (Lipinski definition) is 3. The van der Waals surface area contributed by atoms with Crippen molar-refractivity contribution < 1.29 is 14.4 Å². The van der Waals surface area contributed by atoms with Gasteiger partial charge >= 0.3 is 6.03 Å². The van der Waals surface area contributed by atoms with E-state index >= 15 is 0 Å². The Labute approximate surface area is 130 Å². The minimum Gasteiger partial charge on any atom is -0.388 e. The Morgan fingerprint density at radius 1 is 1.32 bits per heavy atom. The Hall–Kier alpha value is -1.63. The van der Waals surface area contributed by atoms with Crippen molar-refractivity contribution >= 4 is 6.03 Å². The molecule has 124 valence electrons. The molecule has 0 spiro atoms. The van der Waals surface area contributed by atoms with Crippen LogP contribution in [0.5, 0.6) is 0 Å². The van der Waals surface area contributed by atoms with E-state index in [1.165, 1.54) is 0 Å². The van der Waals surface area contributed by atoms with E-state index in [-0.39, 0.29) is 11.9 Å². The highest BCUT2D eigenvalue weighted by molar-refractivity contribution is 5.73. The average Bonchev–Trinajstić information content (AvgIpc) is 2.95. The van der Waals surface area contributed by atoms with Crippen LogP contribution in [0.3, 0.4) is 0 Å². The Balaban J connectivity index is 1.64.